The highest BCUT2D eigenvalue weighted by molar-refractivity contribution is 7.92. The van der Waals surface area contributed by atoms with Crippen molar-refractivity contribution in [3.8, 4) is 0 Å². The summed E-state index contributed by atoms with van der Waals surface area (Å²) in [5, 5.41) is 5.76. The summed E-state index contributed by atoms with van der Waals surface area (Å²) >= 11 is 0. The number of aryl methyl sites for hydroxylation is 1. The highest BCUT2D eigenvalue weighted by atomic mass is 32.2. The molecule has 0 saturated heterocycles. The number of carbonyl (C=O) groups excluding carboxylic acids is 2. The van der Waals surface area contributed by atoms with Gasteiger partial charge < -0.3 is 10.6 Å². The summed E-state index contributed by atoms with van der Waals surface area (Å²) in [6.45, 7) is 3.97. The number of nitrogens with one attached hydrogen (secondary N) is 2. The van der Waals surface area contributed by atoms with E-state index in [0.717, 1.165) is 17.4 Å². The van der Waals surface area contributed by atoms with Crippen LogP contribution in [-0.2, 0) is 14.8 Å². The molecule has 0 aliphatic rings. The molecular formula is C27H31N3O4S. The smallest absolute Gasteiger partial charge is 0.253 e. The Balaban J connectivity index is 1.62. The van der Waals surface area contributed by atoms with Gasteiger partial charge in [-0.15, -0.1) is 0 Å². The summed E-state index contributed by atoms with van der Waals surface area (Å²) in [4.78, 5) is 25.5. The molecule has 0 spiro atoms. The van der Waals surface area contributed by atoms with Crippen molar-refractivity contribution < 1.29 is 18.0 Å². The van der Waals surface area contributed by atoms with Gasteiger partial charge in [-0.25, -0.2) is 8.42 Å². The molecule has 0 aromatic heterocycles. The molecule has 7 nitrogen and oxygen atoms in total. The minimum Gasteiger partial charge on any atom is -0.345 e. The molecule has 35 heavy (non-hydrogen) atoms. The number of carbonyl (C=O) groups is 2. The monoisotopic (exact) mass is 493 g/mol. The number of hydrogen-bond acceptors (Lipinski definition) is 4. The number of sulfonamides is 1. The first-order chi connectivity index (χ1) is 16.6. The molecule has 0 aliphatic heterocycles. The fourth-order valence-corrected chi connectivity index (χ4v) is 4.71. The molecule has 2 amide bonds. The molecule has 3 aromatic carbocycles. The van der Waals surface area contributed by atoms with E-state index < -0.39 is 10.0 Å². The van der Waals surface area contributed by atoms with Crippen LogP contribution in [0.1, 0.15) is 47.3 Å². The van der Waals surface area contributed by atoms with Crippen molar-refractivity contribution >= 4 is 33.2 Å². The fourth-order valence-electron chi connectivity index (χ4n) is 3.75. The molecule has 0 bridgehead atoms. The maximum atomic E-state index is 12.9. The fraction of sp³-hybridized carbons (Fsp3) is 0.259. The maximum Gasteiger partial charge on any atom is 0.253 e. The van der Waals surface area contributed by atoms with Gasteiger partial charge >= 0.3 is 0 Å². The van der Waals surface area contributed by atoms with Crippen LogP contribution in [0.3, 0.4) is 0 Å². The second-order valence-corrected chi connectivity index (χ2v) is 10.4. The molecule has 0 fully saturated rings. The van der Waals surface area contributed by atoms with Crippen LogP contribution in [0.4, 0.5) is 11.4 Å². The lowest BCUT2D eigenvalue weighted by molar-refractivity contribution is -0.116. The van der Waals surface area contributed by atoms with E-state index in [1.54, 1.807) is 42.5 Å². The Kier molecular flexibility index (Phi) is 8.65. The number of amides is 2. The van der Waals surface area contributed by atoms with Crippen molar-refractivity contribution in [2.75, 3.05) is 22.4 Å². The summed E-state index contributed by atoms with van der Waals surface area (Å²) in [5.41, 5.74) is 3.27. The predicted octanol–water partition coefficient (Wildman–Crippen LogP) is 4.67. The Morgan fingerprint density at radius 1 is 0.943 bits per heavy atom. The second kappa shape index (κ2) is 11.7. The van der Waals surface area contributed by atoms with E-state index in [9.17, 15) is 18.0 Å². The van der Waals surface area contributed by atoms with Crippen molar-refractivity contribution in [2.24, 2.45) is 0 Å². The van der Waals surface area contributed by atoms with Crippen LogP contribution < -0.4 is 14.9 Å². The summed E-state index contributed by atoms with van der Waals surface area (Å²) in [7, 11) is -3.50. The van der Waals surface area contributed by atoms with E-state index >= 15 is 0 Å². The number of para-hydroxylation sites is 1. The molecule has 1 atom stereocenters. The van der Waals surface area contributed by atoms with Crippen LogP contribution in [-0.4, -0.2) is 33.0 Å². The quantitative estimate of drug-likeness (QED) is 0.429. The molecule has 3 rings (SSSR count). The first-order valence-electron chi connectivity index (χ1n) is 11.4. The lowest BCUT2D eigenvalue weighted by atomic mass is 10.1. The minimum absolute atomic E-state index is 0.105. The van der Waals surface area contributed by atoms with Gasteiger partial charge in [0.2, 0.25) is 15.9 Å². The van der Waals surface area contributed by atoms with Crippen LogP contribution in [0.2, 0.25) is 0 Å². The van der Waals surface area contributed by atoms with Gasteiger partial charge in [0.1, 0.15) is 0 Å². The van der Waals surface area contributed by atoms with Crippen molar-refractivity contribution in [1.82, 2.24) is 5.32 Å². The third kappa shape index (κ3) is 7.42. The lowest BCUT2D eigenvalue weighted by Gasteiger charge is -2.22. The van der Waals surface area contributed by atoms with Crippen molar-refractivity contribution in [3.05, 3.63) is 95.6 Å². The normalized spacial score (nSPS) is 12.0. The Hall–Kier alpha value is -3.65. The number of anilines is 2. The second-order valence-electron chi connectivity index (χ2n) is 8.48. The predicted molar refractivity (Wildman–Crippen MR) is 140 cm³/mol. The number of benzene rings is 3. The standard InChI is InChI=1S/C27H31N3O4S/c1-20-11-9-14-23(19-20)30(35(3,33)34)18-10-17-26(31)29-25-16-8-7-15-24(25)27(32)28-21(2)22-12-5-4-6-13-22/h4-9,11-16,19,21H,10,17-18H2,1-3H3,(H,28,32)(H,29,31)/t21-/m0/s1. The molecular weight excluding hydrogens is 462 g/mol. The average molecular weight is 494 g/mol. The van der Waals surface area contributed by atoms with Crippen LogP contribution >= 0.6 is 0 Å². The zero-order valence-corrected chi connectivity index (χ0v) is 21.0. The molecule has 0 radical (unpaired) electrons. The minimum atomic E-state index is -3.50. The van der Waals surface area contributed by atoms with Gasteiger partial charge in [-0.3, -0.25) is 13.9 Å². The van der Waals surface area contributed by atoms with Gasteiger partial charge in [-0.1, -0.05) is 54.6 Å². The summed E-state index contributed by atoms with van der Waals surface area (Å²) in [6, 6.07) is 23.5. The van der Waals surface area contributed by atoms with Crippen LogP contribution in [0.5, 0.6) is 0 Å². The third-order valence-electron chi connectivity index (χ3n) is 5.55. The zero-order valence-electron chi connectivity index (χ0n) is 20.2. The highest BCUT2D eigenvalue weighted by Crippen LogP contribution is 2.21. The number of hydrogen-bond donors (Lipinski definition) is 2. The van der Waals surface area contributed by atoms with E-state index in [1.807, 2.05) is 50.2 Å². The van der Waals surface area contributed by atoms with E-state index in [4.69, 9.17) is 0 Å². The first kappa shape index (κ1) is 26.0. The molecule has 0 saturated carbocycles. The lowest BCUT2D eigenvalue weighted by Crippen LogP contribution is -2.31. The summed E-state index contributed by atoms with van der Waals surface area (Å²) < 4.78 is 25.9. The number of rotatable bonds is 10. The van der Waals surface area contributed by atoms with Gasteiger partial charge in [-0.05, 0) is 55.7 Å². The maximum absolute atomic E-state index is 12.9. The average Bonchev–Trinajstić information content (AvgIpc) is 2.82. The van der Waals surface area contributed by atoms with Gasteiger partial charge in [-0.2, -0.15) is 0 Å². The zero-order chi connectivity index (χ0) is 25.4. The van der Waals surface area contributed by atoms with Gasteiger partial charge in [0.25, 0.3) is 5.91 Å². The Morgan fingerprint density at radius 3 is 2.31 bits per heavy atom. The van der Waals surface area contributed by atoms with Gasteiger partial charge in [0.05, 0.1) is 29.2 Å². The molecule has 184 valence electrons. The Labute approximate surface area is 207 Å². The third-order valence-corrected chi connectivity index (χ3v) is 6.74. The molecule has 0 heterocycles. The van der Waals surface area contributed by atoms with Gasteiger partial charge in [0.15, 0.2) is 0 Å². The van der Waals surface area contributed by atoms with E-state index in [0.29, 0.717) is 23.4 Å². The van der Waals surface area contributed by atoms with Crippen LogP contribution in [0, 0.1) is 6.92 Å². The van der Waals surface area contributed by atoms with E-state index in [2.05, 4.69) is 10.6 Å². The molecule has 3 aromatic rings. The van der Waals surface area contributed by atoms with Crippen molar-refractivity contribution in [2.45, 2.75) is 32.7 Å². The first-order valence-corrected chi connectivity index (χ1v) is 13.3. The van der Waals surface area contributed by atoms with E-state index in [1.165, 1.54) is 4.31 Å². The molecule has 0 unspecified atom stereocenters. The van der Waals surface area contributed by atoms with Crippen LogP contribution in [0.25, 0.3) is 0 Å². The SMILES string of the molecule is Cc1cccc(N(CCCC(=O)Nc2ccccc2C(=O)N[C@@H](C)c2ccccc2)S(C)(=O)=O)c1. The summed E-state index contributed by atoms with van der Waals surface area (Å²) in [5.74, 6) is -0.584. The van der Waals surface area contributed by atoms with E-state index in [-0.39, 0.29) is 30.8 Å². The number of nitrogens with zero attached hydrogens (tertiary/aromatic N) is 1. The Bertz CT molecular complexity index is 1280. The Morgan fingerprint density at radius 2 is 1.63 bits per heavy atom. The largest absolute Gasteiger partial charge is 0.345 e. The molecule has 2 N–H and O–H groups in total. The van der Waals surface area contributed by atoms with Gasteiger partial charge in [0, 0.05) is 13.0 Å². The molecule has 8 heteroatoms. The summed E-state index contributed by atoms with van der Waals surface area (Å²) in [6.07, 6.45) is 1.58. The topological polar surface area (TPSA) is 95.6 Å². The molecule has 0 aliphatic carbocycles. The van der Waals surface area contributed by atoms with Crippen molar-refractivity contribution in [1.29, 1.82) is 0 Å². The van der Waals surface area contributed by atoms with Crippen molar-refractivity contribution in [3.63, 3.8) is 0 Å². The highest BCUT2D eigenvalue weighted by Gasteiger charge is 2.19. The van der Waals surface area contributed by atoms with Crippen LogP contribution in [0.15, 0.2) is 78.9 Å².